The van der Waals surface area contributed by atoms with Gasteiger partial charge in [-0.05, 0) is 82.3 Å². The number of carbonyl (C=O) groups excluding carboxylic acids is 1. The Morgan fingerprint density at radius 3 is 2.19 bits per heavy atom. The molecule has 1 aliphatic rings. The lowest BCUT2D eigenvalue weighted by atomic mass is 10.1. The van der Waals surface area contributed by atoms with Gasteiger partial charge in [0, 0.05) is 19.3 Å². The molecule has 0 fully saturated rings. The lowest BCUT2D eigenvalue weighted by molar-refractivity contribution is -0.113. The standard InChI is InChI=1S/C23H15BrINO/c24-19-8-6-16(7-9-19)14-18-15-22(17-4-2-1-3-5-17)26(23(18)27)21-12-10-20(25)11-13-21/h1-15H/b18-14+. The van der Waals surface area contributed by atoms with Crippen LogP contribution in [0.25, 0.3) is 11.8 Å². The molecule has 1 aliphatic heterocycles. The van der Waals surface area contributed by atoms with Crippen LogP contribution in [-0.4, -0.2) is 5.91 Å². The second-order valence-electron chi connectivity index (χ2n) is 6.16. The van der Waals surface area contributed by atoms with Gasteiger partial charge in [-0.3, -0.25) is 9.69 Å². The molecular formula is C23H15BrINO. The molecule has 1 amide bonds. The van der Waals surface area contributed by atoms with E-state index in [0.717, 1.165) is 30.6 Å². The monoisotopic (exact) mass is 527 g/mol. The average Bonchev–Trinajstić information content (AvgIpc) is 3.01. The quantitative estimate of drug-likeness (QED) is 0.280. The highest BCUT2D eigenvalue weighted by atomic mass is 127. The number of carbonyl (C=O) groups is 1. The summed E-state index contributed by atoms with van der Waals surface area (Å²) in [5, 5.41) is 0. The third-order valence-corrected chi connectivity index (χ3v) is 5.58. The summed E-state index contributed by atoms with van der Waals surface area (Å²) in [4.78, 5) is 15.0. The highest BCUT2D eigenvalue weighted by molar-refractivity contribution is 14.1. The topological polar surface area (TPSA) is 20.3 Å². The minimum Gasteiger partial charge on any atom is -0.276 e. The van der Waals surface area contributed by atoms with E-state index in [-0.39, 0.29) is 5.91 Å². The zero-order chi connectivity index (χ0) is 18.8. The van der Waals surface area contributed by atoms with Crippen LogP contribution < -0.4 is 4.90 Å². The minimum absolute atomic E-state index is 0.0158. The average molecular weight is 528 g/mol. The molecule has 0 aromatic heterocycles. The summed E-state index contributed by atoms with van der Waals surface area (Å²) < 4.78 is 2.15. The molecule has 0 radical (unpaired) electrons. The van der Waals surface area contributed by atoms with E-state index in [9.17, 15) is 4.79 Å². The molecule has 0 spiro atoms. The first-order chi connectivity index (χ1) is 13.1. The molecule has 3 aromatic carbocycles. The highest BCUT2D eigenvalue weighted by Gasteiger charge is 2.30. The van der Waals surface area contributed by atoms with E-state index in [1.54, 1.807) is 4.90 Å². The molecule has 0 bridgehead atoms. The fourth-order valence-electron chi connectivity index (χ4n) is 3.02. The third-order valence-electron chi connectivity index (χ3n) is 4.33. The van der Waals surface area contributed by atoms with E-state index in [0.29, 0.717) is 5.57 Å². The second kappa shape index (κ2) is 7.82. The Kier molecular flexibility index (Phi) is 5.27. The van der Waals surface area contributed by atoms with Crippen molar-refractivity contribution in [2.45, 2.75) is 0 Å². The molecule has 132 valence electrons. The van der Waals surface area contributed by atoms with Gasteiger partial charge in [0.25, 0.3) is 5.91 Å². The van der Waals surface area contributed by atoms with E-state index in [2.05, 4.69) is 38.5 Å². The van der Waals surface area contributed by atoms with Crippen molar-refractivity contribution in [1.82, 2.24) is 0 Å². The van der Waals surface area contributed by atoms with E-state index < -0.39 is 0 Å². The van der Waals surface area contributed by atoms with Crippen molar-refractivity contribution in [3.8, 4) is 0 Å². The van der Waals surface area contributed by atoms with Crippen LogP contribution in [-0.2, 0) is 4.79 Å². The summed E-state index contributed by atoms with van der Waals surface area (Å²) in [5.41, 5.74) is 4.45. The SMILES string of the molecule is O=C1/C(=C/c2ccc(Br)cc2)C=C(c2ccccc2)N1c1ccc(I)cc1. The number of hydrogen-bond acceptors (Lipinski definition) is 1. The summed E-state index contributed by atoms with van der Waals surface area (Å²) in [7, 11) is 0. The van der Waals surface area contributed by atoms with Crippen LogP contribution in [0, 0.1) is 3.57 Å². The maximum atomic E-state index is 13.2. The maximum Gasteiger partial charge on any atom is 0.262 e. The van der Waals surface area contributed by atoms with Gasteiger partial charge >= 0.3 is 0 Å². The summed E-state index contributed by atoms with van der Waals surface area (Å²) in [6, 6.07) is 26.0. The van der Waals surface area contributed by atoms with Gasteiger partial charge in [0.05, 0.1) is 5.70 Å². The lowest BCUT2D eigenvalue weighted by Gasteiger charge is -2.21. The number of halogens is 2. The van der Waals surface area contributed by atoms with Gasteiger partial charge in [0.2, 0.25) is 0 Å². The molecule has 4 rings (SSSR count). The Hall–Kier alpha value is -2.18. The van der Waals surface area contributed by atoms with Crippen molar-refractivity contribution in [1.29, 1.82) is 0 Å². The van der Waals surface area contributed by atoms with Crippen LogP contribution in [0.5, 0.6) is 0 Å². The Labute approximate surface area is 180 Å². The van der Waals surface area contributed by atoms with Gasteiger partial charge in [0.15, 0.2) is 0 Å². The molecule has 0 saturated heterocycles. The summed E-state index contributed by atoms with van der Waals surface area (Å²) in [6.45, 7) is 0. The van der Waals surface area contributed by atoms with E-state index >= 15 is 0 Å². The van der Waals surface area contributed by atoms with Crippen LogP contribution >= 0.6 is 38.5 Å². The molecule has 1 heterocycles. The molecule has 0 atom stereocenters. The number of benzene rings is 3. The molecule has 3 aromatic rings. The fraction of sp³-hybridized carbons (Fsp3) is 0. The normalized spacial score (nSPS) is 15.3. The van der Waals surface area contributed by atoms with Crippen LogP contribution in [0.4, 0.5) is 5.69 Å². The molecule has 27 heavy (non-hydrogen) atoms. The number of nitrogens with zero attached hydrogens (tertiary/aromatic N) is 1. The van der Waals surface area contributed by atoms with Crippen LogP contribution in [0.15, 0.2) is 95.0 Å². The fourth-order valence-corrected chi connectivity index (χ4v) is 3.65. The lowest BCUT2D eigenvalue weighted by Crippen LogP contribution is -2.24. The smallest absolute Gasteiger partial charge is 0.262 e. The van der Waals surface area contributed by atoms with Crippen molar-refractivity contribution in [2.24, 2.45) is 0 Å². The molecule has 2 nitrogen and oxygen atoms in total. The highest BCUT2D eigenvalue weighted by Crippen LogP contribution is 2.35. The number of hydrogen-bond donors (Lipinski definition) is 0. The number of anilines is 1. The summed E-state index contributed by atoms with van der Waals surface area (Å²) >= 11 is 5.72. The van der Waals surface area contributed by atoms with Crippen molar-refractivity contribution in [3.63, 3.8) is 0 Å². The Morgan fingerprint density at radius 2 is 1.52 bits per heavy atom. The predicted molar refractivity (Wildman–Crippen MR) is 123 cm³/mol. The Balaban J connectivity index is 1.80. The van der Waals surface area contributed by atoms with Crippen molar-refractivity contribution in [2.75, 3.05) is 4.90 Å². The number of amides is 1. The van der Waals surface area contributed by atoms with Gasteiger partial charge in [-0.15, -0.1) is 0 Å². The Bertz CT molecular complexity index is 1040. The first kappa shape index (κ1) is 18.2. The maximum absolute atomic E-state index is 13.2. The molecule has 0 aliphatic carbocycles. The first-order valence-corrected chi connectivity index (χ1v) is 10.3. The minimum atomic E-state index is -0.0158. The van der Waals surface area contributed by atoms with E-state index in [1.807, 2.05) is 91.0 Å². The Morgan fingerprint density at radius 1 is 0.852 bits per heavy atom. The molecule has 0 unspecified atom stereocenters. The zero-order valence-electron chi connectivity index (χ0n) is 14.3. The molecular weight excluding hydrogens is 513 g/mol. The summed E-state index contributed by atoms with van der Waals surface area (Å²) in [5.74, 6) is -0.0158. The predicted octanol–water partition coefficient (Wildman–Crippen LogP) is 6.53. The summed E-state index contributed by atoms with van der Waals surface area (Å²) in [6.07, 6.45) is 3.90. The van der Waals surface area contributed by atoms with Gasteiger partial charge in [0.1, 0.15) is 0 Å². The van der Waals surface area contributed by atoms with Crippen molar-refractivity contribution >= 4 is 61.9 Å². The first-order valence-electron chi connectivity index (χ1n) is 8.46. The van der Waals surface area contributed by atoms with Gasteiger partial charge in [-0.25, -0.2) is 0 Å². The van der Waals surface area contributed by atoms with Gasteiger partial charge < -0.3 is 0 Å². The van der Waals surface area contributed by atoms with Crippen molar-refractivity contribution in [3.05, 3.63) is 110 Å². The van der Waals surface area contributed by atoms with Gasteiger partial charge in [-0.2, -0.15) is 0 Å². The molecule has 0 saturated carbocycles. The van der Waals surface area contributed by atoms with E-state index in [4.69, 9.17) is 0 Å². The van der Waals surface area contributed by atoms with Crippen molar-refractivity contribution < 1.29 is 4.79 Å². The second-order valence-corrected chi connectivity index (χ2v) is 8.33. The van der Waals surface area contributed by atoms with Crippen LogP contribution in [0.2, 0.25) is 0 Å². The zero-order valence-corrected chi connectivity index (χ0v) is 18.0. The van der Waals surface area contributed by atoms with E-state index in [1.165, 1.54) is 0 Å². The molecule has 0 N–H and O–H groups in total. The molecule has 4 heteroatoms. The van der Waals surface area contributed by atoms with Crippen LogP contribution in [0.3, 0.4) is 0 Å². The van der Waals surface area contributed by atoms with Crippen LogP contribution in [0.1, 0.15) is 11.1 Å². The largest absolute Gasteiger partial charge is 0.276 e. The number of rotatable bonds is 3. The third kappa shape index (κ3) is 3.92. The van der Waals surface area contributed by atoms with Gasteiger partial charge in [-0.1, -0.05) is 58.4 Å².